The van der Waals surface area contributed by atoms with E-state index in [-0.39, 0.29) is 18.0 Å². The maximum atomic E-state index is 9.28. The van der Waals surface area contributed by atoms with Crippen molar-refractivity contribution in [2.75, 3.05) is 18.6 Å². The zero-order chi connectivity index (χ0) is 17.4. The molecule has 0 amide bonds. The number of hydrogen-bond donors (Lipinski definition) is 1. The molecule has 1 heterocycles. The van der Waals surface area contributed by atoms with Gasteiger partial charge in [0.15, 0.2) is 5.16 Å². The molecule has 0 aliphatic heterocycles. The van der Waals surface area contributed by atoms with E-state index in [9.17, 15) is 5.26 Å². The van der Waals surface area contributed by atoms with Gasteiger partial charge in [-0.25, -0.2) is 9.97 Å². The van der Waals surface area contributed by atoms with E-state index in [1.807, 2.05) is 0 Å². The Balaban J connectivity index is 2.12. The van der Waals surface area contributed by atoms with E-state index in [4.69, 9.17) is 15.2 Å². The van der Waals surface area contributed by atoms with Crippen molar-refractivity contribution >= 4 is 17.6 Å². The van der Waals surface area contributed by atoms with Crippen LogP contribution < -0.4 is 15.2 Å². The molecule has 0 radical (unpaired) electrons. The highest BCUT2D eigenvalue weighted by Crippen LogP contribution is 2.23. The lowest BCUT2D eigenvalue weighted by atomic mass is 10.2. The molecule has 0 spiro atoms. The Bertz CT molecular complexity index is 714. The van der Waals surface area contributed by atoms with Crippen LogP contribution in [0, 0.1) is 11.3 Å². The van der Waals surface area contributed by atoms with Crippen molar-refractivity contribution in [2.45, 2.75) is 31.5 Å². The fourth-order valence-corrected chi connectivity index (χ4v) is 2.88. The van der Waals surface area contributed by atoms with E-state index in [0.29, 0.717) is 16.6 Å². The van der Waals surface area contributed by atoms with E-state index in [1.54, 1.807) is 31.4 Å². The maximum absolute atomic E-state index is 9.28. The first-order chi connectivity index (χ1) is 11.7. The van der Waals surface area contributed by atoms with Crippen molar-refractivity contribution in [3.8, 4) is 17.6 Å². The Morgan fingerprint density at radius 2 is 1.92 bits per heavy atom. The van der Waals surface area contributed by atoms with E-state index >= 15 is 0 Å². The second kappa shape index (κ2) is 8.99. The zero-order valence-electron chi connectivity index (χ0n) is 13.8. The highest BCUT2D eigenvalue weighted by molar-refractivity contribution is 7.99. The van der Waals surface area contributed by atoms with E-state index in [0.717, 1.165) is 24.3 Å². The number of aromatic nitrogens is 2. The van der Waals surface area contributed by atoms with Crippen LogP contribution in [0.25, 0.3) is 0 Å². The largest absolute Gasteiger partial charge is 0.497 e. The molecule has 2 rings (SSSR count). The Hall–Kier alpha value is -2.46. The number of rotatable bonds is 8. The summed E-state index contributed by atoms with van der Waals surface area (Å²) in [5.41, 5.74) is 6.65. The molecule has 0 saturated heterocycles. The highest BCUT2D eigenvalue weighted by Gasteiger charge is 2.13. The summed E-state index contributed by atoms with van der Waals surface area (Å²) in [6.07, 6.45) is 2.18. The van der Waals surface area contributed by atoms with Crippen LogP contribution in [-0.4, -0.2) is 22.8 Å². The summed E-state index contributed by atoms with van der Waals surface area (Å²) in [6.45, 7) is 2.28. The Kier molecular flexibility index (Phi) is 6.70. The van der Waals surface area contributed by atoms with Crippen LogP contribution in [0.2, 0.25) is 0 Å². The third-order valence-corrected chi connectivity index (χ3v) is 4.20. The molecule has 2 aromatic rings. The first-order valence-electron chi connectivity index (χ1n) is 7.64. The number of ether oxygens (including phenoxy) is 2. The quantitative estimate of drug-likeness (QED) is 0.445. The molecule has 1 aromatic heterocycles. The molecule has 0 bridgehead atoms. The van der Waals surface area contributed by atoms with Gasteiger partial charge in [0.05, 0.1) is 7.11 Å². The molecular weight excluding hydrogens is 324 g/mol. The number of nitrogen functional groups attached to an aromatic ring is 1. The van der Waals surface area contributed by atoms with E-state index in [2.05, 4.69) is 23.0 Å². The van der Waals surface area contributed by atoms with Crippen molar-refractivity contribution in [2.24, 2.45) is 0 Å². The molecule has 24 heavy (non-hydrogen) atoms. The van der Waals surface area contributed by atoms with Gasteiger partial charge in [0.25, 0.3) is 0 Å². The molecule has 0 aliphatic rings. The average Bonchev–Trinajstić information content (AvgIpc) is 2.60. The summed E-state index contributed by atoms with van der Waals surface area (Å²) in [5, 5.41) is 9.86. The van der Waals surface area contributed by atoms with Gasteiger partial charge in [-0.05, 0) is 30.7 Å². The van der Waals surface area contributed by atoms with Gasteiger partial charge in [-0.3, -0.25) is 0 Å². The predicted octanol–water partition coefficient (Wildman–Crippen LogP) is 3.41. The second-order valence-electron chi connectivity index (χ2n) is 4.99. The number of nitriles is 1. The molecule has 0 aliphatic carbocycles. The van der Waals surface area contributed by atoms with Crippen LogP contribution in [0.4, 0.5) is 5.82 Å². The summed E-state index contributed by atoms with van der Waals surface area (Å²) in [5.74, 6) is 2.53. The molecule has 0 atom stereocenters. The maximum Gasteiger partial charge on any atom is 0.189 e. The van der Waals surface area contributed by atoms with E-state index < -0.39 is 0 Å². The number of methoxy groups -OCH3 is 1. The third-order valence-electron chi connectivity index (χ3n) is 3.27. The van der Waals surface area contributed by atoms with Gasteiger partial charge in [0, 0.05) is 5.75 Å². The first-order valence-corrected chi connectivity index (χ1v) is 8.62. The van der Waals surface area contributed by atoms with Gasteiger partial charge in [-0.15, -0.1) is 0 Å². The average molecular weight is 344 g/mol. The van der Waals surface area contributed by atoms with Gasteiger partial charge in [-0.1, -0.05) is 25.1 Å². The molecule has 6 nitrogen and oxygen atoms in total. The lowest BCUT2D eigenvalue weighted by Gasteiger charge is -2.10. The van der Waals surface area contributed by atoms with Gasteiger partial charge in [0.2, 0.25) is 0 Å². The monoisotopic (exact) mass is 344 g/mol. The molecule has 1 aromatic carbocycles. The first kappa shape index (κ1) is 17.9. The lowest BCUT2D eigenvalue weighted by molar-refractivity contribution is 0.299. The van der Waals surface area contributed by atoms with Gasteiger partial charge >= 0.3 is 0 Å². The SMILES string of the molecule is CCCCSc1nc(N)c(C#N)c(COc2ccc(OC)cc2)n1. The number of anilines is 1. The van der Waals surface area contributed by atoms with Gasteiger partial charge in [0.1, 0.15) is 41.3 Å². The van der Waals surface area contributed by atoms with E-state index in [1.165, 1.54) is 11.8 Å². The summed E-state index contributed by atoms with van der Waals surface area (Å²) < 4.78 is 10.8. The van der Waals surface area contributed by atoms with Crippen molar-refractivity contribution in [1.29, 1.82) is 5.26 Å². The van der Waals surface area contributed by atoms with Crippen LogP contribution in [-0.2, 0) is 6.61 Å². The topological polar surface area (TPSA) is 94.0 Å². The minimum absolute atomic E-state index is 0.156. The van der Waals surface area contributed by atoms with Crippen molar-refractivity contribution in [3.63, 3.8) is 0 Å². The van der Waals surface area contributed by atoms with Gasteiger partial charge < -0.3 is 15.2 Å². The second-order valence-corrected chi connectivity index (χ2v) is 6.05. The Labute approximate surface area is 146 Å². The summed E-state index contributed by atoms with van der Waals surface area (Å²) in [7, 11) is 1.61. The molecule has 2 N–H and O–H groups in total. The number of hydrogen-bond acceptors (Lipinski definition) is 7. The van der Waals surface area contributed by atoms with Crippen LogP contribution in [0.15, 0.2) is 29.4 Å². The molecule has 0 fully saturated rings. The summed E-state index contributed by atoms with van der Waals surface area (Å²) in [4.78, 5) is 8.61. The predicted molar refractivity (Wildman–Crippen MR) is 94.1 cm³/mol. The standard InChI is InChI=1S/C17H20N4O2S/c1-3-4-9-24-17-20-15(14(10-18)16(19)21-17)11-23-13-7-5-12(22-2)6-8-13/h5-8H,3-4,9,11H2,1-2H3,(H2,19,20,21). The van der Waals surface area contributed by atoms with Crippen LogP contribution >= 0.6 is 11.8 Å². The fraction of sp³-hybridized carbons (Fsp3) is 0.353. The third kappa shape index (κ3) is 4.77. The molecular formula is C17H20N4O2S. The molecule has 126 valence electrons. The highest BCUT2D eigenvalue weighted by atomic mass is 32.2. The number of benzene rings is 1. The number of nitrogens with zero attached hydrogens (tertiary/aromatic N) is 3. The number of unbranched alkanes of at least 4 members (excludes halogenated alkanes) is 1. The van der Waals surface area contributed by atoms with Crippen LogP contribution in [0.1, 0.15) is 31.0 Å². The smallest absolute Gasteiger partial charge is 0.189 e. The van der Waals surface area contributed by atoms with Crippen molar-refractivity contribution in [1.82, 2.24) is 9.97 Å². The normalized spacial score (nSPS) is 10.2. The summed E-state index contributed by atoms with van der Waals surface area (Å²) >= 11 is 1.54. The molecule has 0 unspecified atom stereocenters. The van der Waals surface area contributed by atoms with Crippen molar-refractivity contribution in [3.05, 3.63) is 35.5 Å². The molecule has 0 saturated carbocycles. The fourth-order valence-electron chi connectivity index (χ4n) is 1.93. The Morgan fingerprint density at radius 3 is 2.54 bits per heavy atom. The lowest BCUT2D eigenvalue weighted by Crippen LogP contribution is -2.08. The number of thioether (sulfide) groups is 1. The minimum atomic E-state index is 0.156. The summed E-state index contributed by atoms with van der Waals surface area (Å²) in [6, 6.07) is 9.26. The minimum Gasteiger partial charge on any atom is -0.497 e. The van der Waals surface area contributed by atoms with Crippen LogP contribution in [0.3, 0.4) is 0 Å². The zero-order valence-corrected chi connectivity index (χ0v) is 14.6. The molecule has 7 heteroatoms. The van der Waals surface area contributed by atoms with Crippen molar-refractivity contribution < 1.29 is 9.47 Å². The van der Waals surface area contributed by atoms with Gasteiger partial charge in [-0.2, -0.15) is 5.26 Å². The number of nitrogens with two attached hydrogens (primary N) is 1. The Morgan fingerprint density at radius 1 is 1.21 bits per heavy atom. The van der Waals surface area contributed by atoms with Crippen LogP contribution in [0.5, 0.6) is 11.5 Å².